The maximum atomic E-state index is 13.3. The van der Waals surface area contributed by atoms with Crippen molar-refractivity contribution in [1.82, 2.24) is 26.1 Å². The van der Waals surface area contributed by atoms with Gasteiger partial charge in [-0.2, -0.15) is 0 Å². The van der Waals surface area contributed by atoms with E-state index in [4.69, 9.17) is 0 Å². The van der Waals surface area contributed by atoms with Gasteiger partial charge in [0.15, 0.2) is 11.6 Å². The average Bonchev–Trinajstić information content (AvgIpc) is 3.25. The Labute approximate surface area is 168 Å². The molecule has 1 amide bonds. The third-order valence-electron chi connectivity index (χ3n) is 5.79. The summed E-state index contributed by atoms with van der Waals surface area (Å²) in [6.45, 7) is 2.44. The van der Waals surface area contributed by atoms with Crippen LogP contribution in [0.5, 0.6) is 0 Å². The molecule has 29 heavy (non-hydrogen) atoms. The predicted molar refractivity (Wildman–Crippen MR) is 105 cm³/mol. The number of likely N-dealkylation sites (tertiary alicyclic amines) is 1. The van der Waals surface area contributed by atoms with E-state index in [1.807, 2.05) is 12.3 Å². The van der Waals surface area contributed by atoms with Crippen molar-refractivity contribution < 1.29 is 13.6 Å². The number of nitrogens with one attached hydrogen (secondary N) is 3. The molecule has 154 valence electrons. The van der Waals surface area contributed by atoms with Crippen molar-refractivity contribution in [2.45, 2.75) is 31.5 Å². The van der Waals surface area contributed by atoms with Crippen molar-refractivity contribution in [3.63, 3.8) is 0 Å². The molecule has 2 atom stereocenters. The minimum Gasteiger partial charge on any atom is -0.352 e. The molecule has 8 heteroatoms. The molecular weight excluding hydrogens is 376 g/mol. The molecular formula is C21H25F2N5O. The number of aromatic nitrogens is 1. The van der Waals surface area contributed by atoms with E-state index in [0.29, 0.717) is 12.5 Å². The molecule has 0 spiro atoms. The van der Waals surface area contributed by atoms with Crippen LogP contribution < -0.4 is 16.2 Å². The van der Waals surface area contributed by atoms with Crippen LogP contribution in [0.4, 0.5) is 8.78 Å². The van der Waals surface area contributed by atoms with E-state index in [1.54, 1.807) is 6.20 Å². The highest BCUT2D eigenvalue weighted by molar-refractivity contribution is 5.94. The molecule has 3 N–H and O–H groups in total. The molecule has 2 unspecified atom stereocenters. The van der Waals surface area contributed by atoms with Crippen LogP contribution in [0, 0.1) is 17.6 Å². The van der Waals surface area contributed by atoms with E-state index in [1.165, 1.54) is 11.6 Å². The fraction of sp³-hybridized carbons (Fsp3) is 0.429. The fourth-order valence-electron chi connectivity index (χ4n) is 4.02. The molecule has 4 rings (SSSR count). The summed E-state index contributed by atoms with van der Waals surface area (Å²) in [5.41, 5.74) is 8.06. The van der Waals surface area contributed by atoms with Crippen LogP contribution in [-0.4, -0.2) is 41.6 Å². The normalized spacial score (nSPS) is 23.2. The number of hydrogen-bond donors (Lipinski definition) is 3. The number of amides is 1. The third-order valence-corrected chi connectivity index (χ3v) is 5.79. The molecule has 2 saturated heterocycles. The highest BCUT2D eigenvalue weighted by Gasteiger charge is 2.32. The SMILES string of the molecule is O=C(NCC1CCN(C2CC(c3cccnc3)NN2)CC1)c1ccc(F)c(F)c1. The van der Waals surface area contributed by atoms with Crippen LogP contribution in [0.1, 0.15) is 41.2 Å². The second kappa shape index (κ2) is 8.94. The van der Waals surface area contributed by atoms with Gasteiger partial charge in [0.05, 0.1) is 12.2 Å². The second-order valence-electron chi connectivity index (χ2n) is 7.70. The number of nitrogens with zero attached hydrogens (tertiary/aromatic N) is 2. The summed E-state index contributed by atoms with van der Waals surface area (Å²) < 4.78 is 26.3. The Morgan fingerprint density at radius 1 is 1.17 bits per heavy atom. The van der Waals surface area contributed by atoms with Crippen molar-refractivity contribution in [2.24, 2.45) is 5.92 Å². The summed E-state index contributed by atoms with van der Waals surface area (Å²) in [5.74, 6) is -1.95. The zero-order valence-electron chi connectivity index (χ0n) is 16.1. The van der Waals surface area contributed by atoms with E-state index in [0.717, 1.165) is 44.5 Å². The van der Waals surface area contributed by atoms with Crippen molar-refractivity contribution >= 4 is 5.91 Å². The largest absolute Gasteiger partial charge is 0.352 e. The molecule has 6 nitrogen and oxygen atoms in total. The summed E-state index contributed by atoms with van der Waals surface area (Å²) in [5, 5.41) is 2.85. The van der Waals surface area contributed by atoms with Crippen LogP contribution in [0.25, 0.3) is 0 Å². The van der Waals surface area contributed by atoms with Gasteiger partial charge in [-0.15, -0.1) is 0 Å². The maximum absolute atomic E-state index is 13.3. The van der Waals surface area contributed by atoms with Gasteiger partial charge in [-0.3, -0.25) is 14.7 Å². The van der Waals surface area contributed by atoms with E-state index < -0.39 is 11.6 Å². The van der Waals surface area contributed by atoms with E-state index in [-0.39, 0.29) is 23.7 Å². The molecule has 2 aliphatic heterocycles. The molecule has 1 aromatic heterocycles. The molecule has 1 aromatic carbocycles. The first-order chi connectivity index (χ1) is 14.1. The lowest BCUT2D eigenvalue weighted by atomic mass is 9.95. The van der Waals surface area contributed by atoms with Crippen molar-refractivity contribution in [2.75, 3.05) is 19.6 Å². The fourth-order valence-corrected chi connectivity index (χ4v) is 4.02. The number of rotatable bonds is 5. The zero-order valence-corrected chi connectivity index (χ0v) is 16.1. The molecule has 3 heterocycles. The summed E-state index contributed by atoms with van der Waals surface area (Å²) in [7, 11) is 0. The van der Waals surface area contributed by atoms with Gasteiger partial charge in [0, 0.05) is 24.5 Å². The van der Waals surface area contributed by atoms with Gasteiger partial charge in [0.25, 0.3) is 5.91 Å². The van der Waals surface area contributed by atoms with Crippen LogP contribution in [0.15, 0.2) is 42.7 Å². The molecule has 0 saturated carbocycles. The summed E-state index contributed by atoms with van der Waals surface area (Å²) in [6.07, 6.45) is 6.88. The number of hydrogen-bond acceptors (Lipinski definition) is 5. The van der Waals surface area contributed by atoms with Gasteiger partial charge in [-0.05, 0) is 68.1 Å². The molecule has 0 radical (unpaired) electrons. The molecule has 0 bridgehead atoms. The maximum Gasteiger partial charge on any atom is 0.251 e. The Balaban J connectivity index is 1.22. The Morgan fingerprint density at radius 3 is 2.72 bits per heavy atom. The Hall–Kier alpha value is -2.42. The Bertz CT molecular complexity index is 842. The Kier molecular flexibility index (Phi) is 6.13. The molecule has 0 aliphatic carbocycles. The van der Waals surface area contributed by atoms with Gasteiger partial charge in [-0.1, -0.05) is 6.07 Å². The number of halogens is 2. The van der Waals surface area contributed by atoms with Gasteiger partial charge < -0.3 is 5.32 Å². The standard InChI is InChI=1S/C21H25F2N5O/c22-17-4-3-15(10-18(17)23)21(29)25-12-14-5-8-28(9-6-14)20-11-19(26-27-20)16-2-1-7-24-13-16/h1-4,7,10,13-14,19-20,26-27H,5-6,8-9,11-12H2,(H,25,29). The first-order valence-electron chi connectivity index (χ1n) is 9.98. The van der Waals surface area contributed by atoms with Gasteiger partial charge in [-0.25, -0.2) is 19.6 Å². The van der Waals surface area contributed by atoms with Gasteiger partial charge >= 0.3 is 0 Å². The van der Waals surface area contributed by atoms with E-state index >= 15 is 0 Å². The average molecular weight is 401 g/mol. The number of hydrazine groups is 1. The lowest BCUT2D eigenvalue weighted by molar-refractivity contribution is 0.0914. The van der Waals surface area contributed by atoms with E-state index in [2.05, 4.69) is 32.1 Å². The molecule has 2 fully saturated rings. The minimum absolute atomic E-state index is 0.143. The number of piperidine rings is 1. The number of carbonyl (C=O) groups excluding carboxylic acids is 1. The summed E-state index contributed by atoms with van der Waals surface area (Å²) >= 11 is 0. The number of benzene rings is 1. The first kappa shape index (κ1) is 19.9. The van der Waals surface area contributed by atoms with Crippen molar-refractivity contribution in [3.05, 3.63) is 65.5 Å². The quantitative estimate of drug-likeness (QED) is 0.718. The lowest BCUT2D eigenvalue weighted by Gasteiger charge is -2.35. The summed E-state index contributed by atoms with van der Waals surface area (Å²) in [4.78, 5) is 18.8. The number of carbonyl (C=O) groups is 1. The first-order valence-corrected chi connectivity index (χ1v) is 9.98. The predicted octanol–water partition coefficient (Wildman–Crippen LogP) is 2.37. The van der Waals surface area contributed by atoms with Crippen LogP contribution in [0.3, 0.4) is 0 Å². The van der Waals surface area contributed by atoms with E-state index in [9.17, 15) is 13.6 Å². The second-order valence-corrected chi connectivity index (χ2v) is 7.70. The van der Waals surface area contributed by atoms with Crippen LogP contribution >= 0.6 is 0 Å². The number of pyridine rings is 1. The monoisotopic (exact) mass is 401 g/mol. The minimum atomic E-state index is -1.01. The van der Waals surface area contributed by atoms with Gasteiger partial charge in [0.2, 0.25) is 0 Å². The van der Waals surface area contributed by atoms with Crippen LogP contribution in [0.2, 0.25) is 0 Å². The van der Waals surface area contributed by atoms with Gasteiger partial charge in [0.1, 0.15) is 0 Å². The zero-order chi connectivity index (χ0) is 20.2. The third kappa shape index (κ3) is 4.77. The highest BCUT2D eigenvalue weighted by atomic mass is 19.2. The molecule has 2 aromatic rings. The summed E-state index contributed by atoms with van der Waals surface area (Å²) in [6, 6.07) is 7.49. The topological polar surface area (TPSA) is 69.3 Å². The highest BCUT2D eigenvalue weighted by Crippen LogP contribution is 2.26. The van der Waals surface area contributed by atoms with Crippen molar-refractivity contribution in [3.8, 4) is 0 Å². The van der Waals surface area contributed by atoms with Crippen LogP contribution in [-0.2, 0) is 0 Å². The Morgan fingerprint density at radius 2 is 2.00 bits per heavy atom. The molecule has 2 aliphatic rings. The lowest BCUT2D eigenvalue weighted by Crippen LogP contribution is -2.49. The van der Waals surface area contributed by atoms with Crippen molar-refractivity contribution in [1.29, 1.82) is 0 Å². The smallest absolute Gasteiger partial charge is 0.251 e.